The quantitative estimate of drug-likeness (QED) is 0.745. The van der Waals surface area contributed by atoms with E-state index in [2.05, 4.69) is 20.0 Å². The van der Waals surface area contributed by atoms with Crippen molar-refractivity contribution in [3.63, 3.8) is 0 Å². The second kappa shape index (κ2) is 5.85. The highest BCUT2D eigenvalue weighted by molar-refractivity contribution is 7.89. The molecule has 102 valence electrons. The summed E-state index contributed by atoms with van der Waals surface area (Å²) in [5.74, 6) is 0.823. The maximum absolute atomic E-state index is 11.7. The van der Waals surface area contributed by atoms with Gasteiger partial charge in [-0.05, 0) is 24.3 Å². The minimum Gasteiger partial charge on any atom is -0.378 e. The van der Waals surface area contributed by atoms with Crippen molar-refractivity contribution in [1.29, 1.82) is 0 Å². The molecule has 0 radical (unpaired) electrons. The van der Waals surface area contributed by atoms with Gasteiger partial charge >= 0.3 is 0 Å². The zero-order valence-corrected chi connectivity index (χ0v) is 11.4. The molecule has 0 amide bonds. The fourth-order valence-corrected chi connectivity index (χ4v) is 2.65. The fraction of sp³-hybridized carbons (Fsp3) is 0.250. The number of hydrogen-bond donors (Lipinski definition) is 3. The summed E-state index contributed by atoms with van der Waals surface area (Å²) in [6, 6.07) is 6.60. The lowest BCUT2D eigenvalue weighted by atomic mass is 10.3. The number of aromatic nitrogens is 2. The smallest absolute Gasteiger partial charge is 0.240 e. The Morgan fingerprint density at radius 1 is 1.26 bits per heavy atom. The van der Waals surface area contributed by atoms with Crippen LogP contribution < -0.4 is 10.0 Å². The van der Waals surface area contributed by atoms with Crippen molar-refractivity contribution in [3.8, 4) is 0 Å². The van der Waals surface area contributed by atoms with Crippen molar-refractivity contribution in [2.24, 2.45) is 0 Å². The Morgan fingerprint density at radius 3 is 2.58 bits per heavy atom. The normalized spacial score (nSPS) is 11.4. The van der Waals surface area contributed by atoms with E-state index in [0.29, 0.717) is 13.1 Å². The minimum atomic E-state index is -3.38. The summed E-state index contributed by atoms with van der Waals surface area (Å²) in [6.07, 6.45) is 3.44. The van der Waals surface area contributed by atoms with Gasteiger partial charge < -0.3 is 10.3 Å². The van der Waals surface area contributed by atoms with E-state index in [0.717, 1.165) is 11.5 Å². The van der Waals surface area contributed by atoms with Gasteiger partial charge in [-0.2, -0.15) is 0 Å². The molecule has 1 aromatic heterocycles. The van der Waals surface area contributed by atoms with Crippen molar-refractivity contribution in [2.75, 3.05) is 11.9 Å². The third-order valence-corrected chi connectivity index (χ3v) is 4.08. The van der Waals surface area contributed by atoms with Gasteiger partial charge in [-0.15, -0.1) is 0 Å². The lowest BCUT2D eigenvalue weighted by Gasteiger charge is -2.07. The third-order valence-electron chi connectivity index (χ3n) is 2.51. The van der Waals surface area contributed by atoms with Crippen molar-refractivity contribution in [1.82, 2.24) is 14.7 Å². The molecule has 0 fully saturated rings. The molecule has 7 heteroatoms. The van der Waals surface area contributed by atoms with Crippen molar-refractivity contribution in [2.45, 2.75) is 18.4 Å². The first-order chi connectivity index (χ1) is 9.12. The number of benzene rings is 1. The standard InChI is InChI=1S/C12H16N4O2S/c1-2-16-19(17,18)11-5-3-10(4-6-11)15-9-12-13-7-8-14-12/h3-8,15-16H,2,9H2,1H3,(H,13,14). The molecule has 2 rings (SSSR count). The van der Waals surface area contributed by atoms with E-state index in [1.54, 1.807) is 43.6 Å². The molecule has 0 atom stereocenters. The van der Waals surface area contributed by atoms with Crippen molar-refractivity contribution >= 4 is 15.7 Å². The van der Waals surface area contributed by atoms with Crippen molar-refractivity contribution in [3.05, 3.63) is 42.5 Å². The highest BCUT2D eigenvalue weighted by Gasteiger charge is 2.11. The number of nitrogens with one attached hydrogen (secondary N) is 3. The van der Waals surface area contributed by atoms with Gasteiger partial charge in [0, 0.05) is 24.6 Å². The molecule has 6 nitrogen and oxygen atoms in total. The predicted octanol–water partition coefficient (Wildman–Crippen LogP) is 1.32. The minimum absolute atomic E-state index is 0.262. The van der Waals surface area contributed by atoms with Crippen LogP contribution in [0.1, 0.15) is 12.7 Å². The molecule has 1 heterocycles. The van der Waals surface area contributed by atoms with Crippen LogP contribution in [-0.2, 0) is 16.6 Å². The first-order valence-electron chi connectivity index (χ1n) is 5.93. The average Bonchev–Trinajstić information content (AvgIpc) is 2.90. The van der Waals surface area contributed by atoms with Crippen LogP contribution in [0.25, 0.3) is 0 Å². The number of H-pyrrole nitrogens is 1. The number of rotatable bonds is 6. The lowest BCUT2D eigenvalue weighted by Crippen LogP contribution is -2.23. The van der Waals surface area contributed by atoms with Crippen LogP contribution in [0.3, 0.4) is 0 Å². The van der Waals surface area contributed by atoms with Crippen LogP contribution in [0.2, 0.25) is 0 Å². The van der Waals surface area contributed by atoms with Gasteiger partial charge in [-0.1, -0.05) is 6.92 Å². The largest absolute Gasteiger partial charge is 0.378 e. The Balaban J connectivity index is 2.02. The number of aromatic amines is 1. The molecule has 2 aromatic rings. The average molecular weight is 280 g/mol. The summed E-state index contributed by atoms with van der Waals surface area (Å²) < 4.78 is 25.9. The second-order valence-corrected chi connectivity index (χ2v) is 5.68. The van der Waals surface area contributed by atoms with Gasteiger partial charge in [-0.25, -0.2) is 18.1 Å². The molecule has 0 bridgehead atoms. The Hall–Kier alpha value is -1.86. The Morgan fingerprint density at radius 2 is 2.00 bits per heavy atom. The molecule has 19 heavy (non-hydrogen) atoms. The van der Waals surface area contributed by atoms with Gasteiger partial charge in [-0.3, -0.25) is 0 Å². The molecule has 0 spiro atoms. The van der Waals surface area contributed by atoms with E-state index >= 15 is 0 Å². The maximum Gasteiger partial charge on any atom is 0.240 e. The SMILES string of the molecule is CCNS(=O)(=O)c1ccc(NCc2ncc[nH]2)cc1. The summed E-state index contributed by atoms with van der Waals surface area (Å²) in [5.41, 5.74) is 0.840. The number of sulfonamides is 1. The lowest BCUT2D eigenvalue weighted by molar-refractivity contribution is 0.584. The summed E-state index contributed by atoms with van der Waals surface area (Å²) in [5, 5.41) is 3.15. The molecule has 0 aliphatic heterocycles. The van der Waals surface area contributed by atoms with Gasteiger partial charge in [0.1, 0.15) is 5.82 Å². The molecule has 1 aromatic carbocycles. The molecule has 3 N–H and O–H groups in total. The molecule has 0 unspecified atom stereocenters. The van der Waals surface area contributed by atoms with Gasteiger partial charge in [0.2, 0.25) is 10.0 Å². The van der Waals surface area contributed by atoms with Crippen LogP contribution in [-0.4, -0.2) is 24.9 Å². The topological polar surface area (TPSA) is 86.9 Å². The molecular weight excluding hydrogens is 264 g/mol. The first kappa shape index (κ1) is 13.6. The van der Waals surface area contributed by atoms with E-state index in [1.807, 2.05) is 0 Å². The monoisotopic (exact) mass is 280 g/mol. The Bertz CT molecular complexity index is 606. The third kappa shape index (κ3) is 3.55. The van der Waals surface area contributed by atoms with Crippen LogP contribution in [0, 0.1) is 0 Å². The highest BCUT2D eigenvalue weighted by Crippen LogP contribution is 2.14. The maximum atomic E-state index is 11.7. The zero-order valence-electron chi connectivity index (χ0n) is 10.6. The van der Waals surface area contributed by atoms with Gasteiger partial charge in [0.25, 0.3) is 0 Å². The van der Waals surface area contributed by atoms with E-state index in [4.69, 9.17) is 0 Å². The number of nitrogens with zero attached hydrogens (tertiary/aromatic N) is 1. The first-order valence-corrected chi connectivity index (χ1v) is 7.42. The number of imidazole rings is 1. The second-order valence-electron chi connectivity index (χ2n) is 3.92. The summed E-state index contributed by atoms with van der Waals surface area (Å²) in [4.78, 5) is 7.33. The van der Waals surface area contributed by atoms with Crippen LogP contribution in [0.15, 0.2) is 41.6 Å². The summed E-state index contributed by atoms with van der Waals surface area (Å²) in [7, 11) is -3.38. The Labute approximate surface area is 112 Å². The van der Waals surface area contributed by atoms with Crippen molar-refractivity contribution < 1.29 is 8.42 Å². The van der Waals surface area contributed by atoms with E-state index < -0.39 is 10.0 Å². The van der Waals surface area contributed by atoms with Gasteiger partial charge in [0.15, 0.2) is 0 Å². The zero-order chi connectivity index (χ0) is 13.7. The molecule has 0 saturated heterocycles. The van der Waals surface area contributed by atoms with Crippen LogP contribution >= 0.6 is 0 Å². The molecule has 0 aliphatic rings. The van der Waals surface area contributed by atoms with Crippen LogP contribution in [0.5, 0.6) is 0 Å². The predicted molar refractivity (Wildman–Crippen MR) is 73.2 cm³/mol. The molecular formula is C12H16N4O2S. The number of anilines is 1. The van der Waals surface area contributed by atoms with Gasteiger partial charge in [0.05, 0.1) is 11.4 Å². The van der Waals surface area contributed by atoms with E-state index in [-0.39, 0.29) is 4.90 Å². The van der Waals surface area contributed by atoms with Crippen LogP contribution in [0.4, 0.5) is 5.69 Å². The molecule has 0 saturated carbocycles. The fourth-order valence-electron chi connectivity index (χ4n) is 1.61. The highest BCUT2D eigenvalue weighted by atomic mass is 32.2. The molecule has 0 aliphatic carbocycles. The summed E-state index contributed by atoms with van der Waals surface area (Å²) in [6.45, 7) is 2.68. The van der Waals surface area contributed by atoms with E-state index in [1.165, 1.54) is 0 Å². The number of hydrogen-bond acceptors (Lipinski definition) is 4. The Kier molecular flexibility index (Phi) is 4.18. The summed E-state index contributed by atoms with van der Waals surface area (Å²) >= 11 is 0. The van der Waals surface area contributed by atoms with E-state index in [9.17, 15) is 8.42 Å².